The van der Waals surface area contributed by atoms with Crippen LogP contribution in [0.5, 0.6) is 0 Å². The number of hydrogen-bond donors (Lipinski definition) is 2. The van der Waals surface area contributed by atoms with Gasteiger partial charge in [0, 0.05) is 24.2 Å². The molecule has 1 aromatic heterocycles. The number of nitrogens with two attached hydrogens (primary N) is 1. The van der Waals surface area contributed by atoms with E-state index in [1.807, 2.05) is 6.07 Å². The molecule has 7 heteroatoms. The van der Waals surface area contributed by atoms with E-state index < -0.39 is 0 Å². The van der Waals surface area contributed by atoms with Crippen molar-refractivity contribution in [1.29, 1.82) is 0 Å². The van der Waals surface area contributed by atoms with E-state index in [1.54, 1.807) is 12.1 Å². The molecule has 0 bridgehead atoms. The summed E-state index contributed by atoms with van der Waals surface area (Å²) < 4.78 is 18.2. The van der Waals surface area contributed by atoms with Crippen LogP contribution in [0.15, 0.2) is 52.0 Å². The molecule has 1 aliphatic rings. The second-order valence-corrected chi connectivity index (χ2v) is 6.85. The van der Waals surface area contributed by atoms with Gasteiger partial charge >= 0.3 is 0 Å². The first-order valence-electron chi connectivity index (χ1n) is 9.45. The highest BCUT2D eigenvalue weighted by atomic mass is 19.1. The van der Waals surface area contributed by atoms with Crippen LogP contribution in [-0.4, -0.2) is 22.6 Å². The van der Waals surface area contributed by atoms with Crippen LogP contribution in [0, 0.1) is 5.82 Å². The number of benzene rings is 2. The summed E-state index contributed by atoms with van der Waals surface area (Å²) in [5, 5.41) is 7.08. The lowest BCUT2D eigenvalue weighted by Crippen LogP contribution is -2.23. The standard InChI is InChI=1S/C21H22FN5O/c22-17-9-6-15(7-10-17)20-26-19(28-27-20)5-2-12-24-21(23)25-18-11-8-14-3-1-4-16(14)13-18/h6-11,13H,1-5,12H2,(H3,23,24,25). The zero-order chi connectivity index (χ0) is 19.3. The third-order valence-electron chi connectivity index (χ3n) is 4.77. The van der Waals surface area contributed by atoms with Crippen molar-refractivity contribution in [3.8, 4) is 11.4 Å². The summed E-state index contributed by atoms with van der Waals surface area (Å²) in [7, 11) is 0. The van der Waals surface area contributed by atoms with Gasteiger partial charge in [-0.2, -0.15) is 4.98 Å². The molecule has 0 radical (unpaired) electrons. The molecule has 0 aliphatic heterocycles. The second kappa shape index (κ2) is 8.21. The van der Waals surface area contributed by atoms with Crippen LogP contribution in [0.25, 0.3) is 11.4 Å². The Kier molecular flexibility index (Phi) is 5.32. The number of fused-ring (bicyclic) bond motifs is 1. The maximum atomic E-state index is 13.0. The van der Waals surface area contributed by atoms with Crippen LogP contribution in [0.2, 0.25) is 0 Å². The smallest absolute Gasteiger partial charge is 0.227 e. The zero-order valence-electron chi connectivity index (χ0n) is 15.5. The number of guanidine groups is 1. The lowest BCUT2D eigenvalue weighted by molar-refractivity contribution is 0.376. The van der Waals surface area contributed by atoms with Crippen LogP contribution in [0.4, 0.5) is 10.1 Å². The predicted octanol–water partition coefficient (Wildman–Crippen LogP) is 3.72. The average Bonchev–Trinajstić information content (AvgIpc) is 3.35. The molecule has 0 saturated carbocycles. The zero-order valence-corrected chi connectivity index (χ0v) is 15.5. The molecule has 1 aliphatic carbocycles. The Bertz CT molecular complexity index is 981. The lowest BCUT2D eigenvalue weighted by atomic mass is 10.1. The third-order valence-corrected chi connectivity index (χ3v) is 4.77. The summed E-state index contributed by atoms with van der Waals surface area (Å²) in [6, 6.07) is 12.3. The van der Waals surface area contributed by atoms with Crippen molar-refractivity contribution in [3.63, 3.8) is 0 Å². The van der Waals surface area contributed by atoms with Gasteiger partial charge in [0.2, 0.25) is 11.7 Å². The Hall–Kier alpha value is -3.22. The molecule has 144 valence electrons. The number of aliphatic imine (C=N–C) groups is 1. The summed E-state index contributed by atoms with van der Waals surface area (Å²) >= 11 is 0. The number of hydrogen-bond acceptors (Lipinski definition) is 4. The van der Waals surface area contributed by atoms with E-state index in [0.29, 0.717) is 30.6 Å². The molecule has 0 spiro atoms. The summed E-state index contributed by atoms with van der Waals surface area (Å²) in [5.41, 5.74) is 10.5. The Morgan fingerprint density at radius 2 is 1.96 bits per heavy atom. The van der Waals surface area contributed by atoms with E-state index in [1.165, 1.54) is 29.7 Å². The van der Waals surface area contributed by atoms with E-state index >= 15 is 0 Å². The van der Waals surface area contributed by atoms with Crippen molar-refractivity contribution < 1.29 is 8.91 Å². The SMILES string of the molecule is NC(=NCCCc1nc(-c2ccc(F)cc2)no1)Nc1ccc2c(c1)CCC2. The van der Waals surface area contributed by atoms with Crippen molar-refractivity contribution >= 4 is 11.6 Å². The molecule has 6 nitrogen and oxygen atoms in total. The first kappa shape index (κ1) is 18.2. The Morgan fingerprint density at radius 3 is 2.82 bits per heavy atom. The van der Waals surface area contributed by atoms with Gasteiger partial charge in [-0.25, -0.2) is 4.39 Å². The lowest BCUT2D eigenvalue weighted by Gasteiger charge is -2.07. The number of nitrogens with zero attached hydrogens (tertiary/aromatic N) is 3. The highest BCUT2D eigenvalue weighted by Gasteiger charge is 2.11. The highest BCUT2D eigenvalue weighted by Crippen LogP contribution is 2.24. The molecular formula is C21H22FN5O. The molecule has 1 heterocycles. The average molecular weight is 379 g/mol. The van der Waals surface area contributed by atoms with E-state index in [9.17, 15) is 4.39 Å². The van der Waals surface area contributed by atoms with Crippen LogP contribution in [0.1, 0.15) is 29.9 Å². The van der Waals surface area contributed by atoms with Crippen molar-refractivity contribution in [2.75, 3.05) is 11.9 Å². The van der Waals surface area contributed by atoms with Crippen molar-refractivity contribution in [2.24, 2.45) is 10.7 Å². The number of nitrogens with one attached hydrogen (secondary N) is 1. The van der Waals surface area contributed by atoms with Gasteiger partial charge in [-0.1, -0.05) is 11.2 Å². The van der Waals surface area contributed by atoms with Gasteiger partial charge in [0.25, 0.3) is 0 Å². The Morgan fingerprint density at radius 1 is 1.14 bits per heavy atom. The predicted molar refractivity (Wildman–Crippen MR) is 107 cm³/mol. The highest BCUT2D eigenvalue weighted by molar-refractivity contribution is 5.92. The molecule has 4 rings (SSSR count). The molecule has 3 N–H and O–H groups in total. The van der Waals surface area contributed by atoms with Crippen LogP contribution >= 0.6 is 0 Å². The largest absolute Gasteiger partial charge is 0.370 e. The molecule has 0 fully saturated rings. The molecule has 0 unspecified atom stereocenters. The van der Waals surface area contributed by atoms with Gasteiger partial charge in [-0.15, -0.1) is 0 Å². The van der Waals surface area contributed by atoms with E-state index in [-0.39, 0.29) is 5.82 Å². The normalized spacial score (nSPS) is 13.5. The van der Waals surface area contributed by atoms with Gasteiger partial charge < -0.3 is 15.6 Å². The van der Waals surface area contributed by atoms with Crippen molar-refractivity contribution in [1.82, 2.24) is 10.1 Å². The van der Waals surface area contributed by atoms with Gasteiger partial charge in [-0.05, 0) is 73.2 Å². The van der Waals surface area contributed by atoms with Crippen LogP contribution < -0.4 is 11.1 Å². The summed E-state index contributed by atoms with van der Waals surface area (Å²) in [5.74, 6) is 1.09. The van der Waals surface area contributed by atoms with E-state index in [4.69, 9.17) is 10.3 Å². The fourth-order valence-electron chi connectivity index (χ4n) is 3.34. The third kappa shape index (κ3) is 4.36. The summed E-state index contributed by atoms with van der Waals surface area (Å²) in [4.78, 5) is 8.69. The van der Waals surface area contributed by atoms with Crippen molar-refractivity contribution in [3.05, 3.63) is 65.3 Å². The van der Waals surface area contributed by atoms with Crippen LogP contribution in [0.3, 0.4) is 0 Å². The molecule has 3 aromatic rings. The minimum atomic E-state index is -0.295. The Balaban J connectivity index is 1.26. The minimum absolute atomic E-state index is 0.295. The van der Waals surface area contributed by atoms with E-state index in [0.717, 1.165) is 30.5 Å². The molecular weight excluding hydrogens is 357 g/mol. The first-order valence-corrected chi connectivity index (χ1v) is 9.45. The number of anilines is 1. The molecule has 28 heavy (non-hydrogen) atoms. The van der Waals surface area contributed by atoms with Crippen molar-refractivity contribution in [2.45, 2.75) is 32.1 Å². The quantitative estimate of drug-likeness (QED) is 0.387. The van der Waals surface area contributed by atoms with Crippen LogP contribution in [-0.2, 0) is 19.3 Å². The number of halogens is 1. The number of rotatable bonds is 6. The van der Waals surface area contributed by atoms with E-state index in [2.05, 4.69) is 32.6 Å². The number of aromatic nitrogens is 2. The van der Waals surface area contributed by atoms with Gasteiger partial charge in [0.05, 0.1) is 0 Å². The fourth-order valence-corrected chi connectivity index (χ4v) is 3.34. The maximum absolute atomic E-state index is 13.0. The molecule has 0 amide bonds. The monoisotopic (exact) mass is 379 g/mol. The topological polar surface area (TPSA) is 89.3 Å². The second-order valence-electron chi connectivity index (χ2n) is 6.85. The van der Waals surface area contributed by atoms with Gasteiger partial charge in [0.1, 0.15) is 5.82 Å². The maximum Gasteiger partial charge on any atom is 0.227 e. The summed E-state index contributed by atoms with van der Waals surface area (Å²) in [6.07, 6.45) is 4.85. The summed E-state index contributed by atoms with van der Waals surface area (Å²) in [6.45, 7) is 0.554. The number of aryl methyl sites for hydroxylation is 3. The van der Waals surface area contributed by atoms with Gasteiger partial charge in [0.15, 0.2) is 5.96 Å². The molecule has 0 atom stereocenters. The fraction of sp³-hybridized carbons (Fsp3) is 0.286. The first-order chi connectivity index (χ1) is 13.7. The minimum Gasteiger partial charge on any atom is -0.370 e. The van der Waals surface area contributed by atoms with Gasteiger partial charge in [-0.3, -0.25) is 4.99 Å². The molecule has 2 aromatic carbocycles. The Labute approximate surface area is 162 Å². The molecule has 0 saturated heterocycles.